The summed E-state index contributed by atoms with van der Waals surface area (Å²) in [5, 5.41) is 5.79. The predicted octanol–water partition coefficient (Wildman–Crippen LogP) is 0.673. The number of amides is 3. The van der Waals surface area contributed by atoms with E-state index in [2.05, 4.69) is 10.6 Å². The van der Waals surface area contributed by atoms with Crippen LogP contribution in [0.1, 0.15) is 30.9 Å². The summed E-state index contributed by atoms with van der Waals surface area (Å²) in [6.07, 6.45) is 1.66. The molecule has 9 heteroatoms. The zero-order valence-electron chi connectivity index (χ0n) is 15.9. The summed E-state index contributed by atoms with van der Waals surface area (Å²) >= 11 is 0. The van der Waals surface area contributed by atoms with Crippen LogP contribution in [0.2, 0.25) is 0 Å². The first-order chi connectivity index (χ1) is 12.6. The molecule has 2 aliphatic rings. The van der Waals surface area contributed by atoms with Gasteiger partial charge >= 0.3 is 6.03 Å². The van der Waals surface area contributed by atoms with Gasteiger partial charge in [0, 0.05) is 40.2 Å². The zero-order valence-corrected chi connectivity index (χ0v) is 16.7. The molecule has 2 N–H and O–H groups in total. The van der Waals surface area contributed by atoms with Gasteiger partial charge in [-0.2, -0.15) is 0 Å². The van der Waals surface area contributed by atoms with E-state index in [4.69, 9.17) is 0 Å². The molecular formula is C18H26N4O4S. The van der Waals surface area contributed by atoms with Gasteiger partial charge in [-0.25, -0.2) is 17.5 Å². The summed E-state index contributed by atoms with van der Waals surface area (Å²) in [6.45, 7) is 3.10. The van der Waals surface area contributed by atoms with Crippen molar-refractivity contribution in [2.75, 3.05) is 27.2 Å². The molecule has 0 bridgehead atoms. The van der Waals surface area contributed by atoms with Crippen molar-refractivity contribution in [2.24, 2.45) is 0 Å². The Balaban J connectivity index is 1.70. The second kappa shape index (κ2) is 7.12. The van der Waals surface area contributed by atoms with Gasteiger partial charge in [-0.1, -0.05) is 12.1 Å². The topological polar surface area (TPSA) is 98.8 Å². The molecule has 0 aliphatic carbocycles. The molecule has 1 atom stereocenters. The predicted molar refractivity (Wildman–Crippen MR) is 101 cm³/mol. The monoisotopic (exact) mass is 394 g/mol. The zero-order chi connectivity index (χ0) is 19.8. The molecular weight excluding hydrogens is 368 g/mol. The minimum Gasteiger partial charge on any atom is -0.349 e. The van der Waals surface area contributed by atoms with Crippen molar-refractivity contribution in [2.45, 2.75) is 43.2 Å². The van der Waals surface area contributed by atoms with Crippen LogP contribution in [0.4, 0.5) is 4.79 Å². The number of nitrogens with one attached hydrogen (secondary N) is 2. The standard InChI is InChI=1S/C18H26N4O4S/c1-18(9-7-16(23)20-18)12-19-17(24)22-10-8-14-13(11-22)5-4-6-15(14)27(25,26)21(2)3/h4-6H,7-12H2,1-3H3,(H,19,24)(H,20,23)/t18-/m1/s1. The van der Waals surface area contributed by atoms with Gasteiger partial charge in [0.1, 0.15) is 0 Å². The third-order valence-electron chi connectivity index (χ3n) is 5.24. The fraction of sp³-hybridized carbons (Fsp3) is 0.556. The molecule has 0 unspecified atom stereocenters. The molecule has 3 amide bonds. The van der Waals surface area contributed by atoms with Gasteiger partial charge < -0.3 is 15.5 Å². The van der Waals surface area contributed by atoms with E-state index < -0.39 is 15.6 Å². The number of fused-ring (bicyclic) bond motifs is 1. The Bertz CT molecular complexity index is 868. The lowest BCUT2D eigenvalue weighted by molar-refractivity contribution is -0.119. The molecule has 148 valence electrons. The van der Waals surface area contributed by atoms with Crippen LogP contribution < -0.4 is 10.6 Å². The third-order valence-corrected chi connectivity index (χ3v) is 7.14. The number of benzene rings is 1. The van der Waals surface area contributed by atoms with Gasteiger partial charge in [0.15, 0.2) is 0 Å². The average molecular weight is 394 g/mol. The number of urea groups is 1. The second-order valence-corrected chi connectivity index (χ2v) is 9.74. The Morgan fingerprint density at radius 1 is 1.33 bits per heavy atom. The van der Waals surface area contributed by atoms with Crippen molar-refractivity contribution in [1.29, 1.82) is 0 Å². The van der Waals surface area contributed by atoms with Crippen LogP contribution in [-0.2, 0) is 27.8 Å². The van der Waals surface area contributed by atoms with Crippen molar-refractivity contribution in [3.05, 3.63) is 29.3 Å². The van der Waals surface area contributed by atoms with Crippen LogP contribution in [0, 0.1) is 0 Å². The Kier molecular flexibility index (Phi) is 5.18. The Morgan fingerprint density at radius 2 is 2.07 bits per heavy atom. The molecule has 27 heavy (non-hydrogen) atoms. The lowest BCUT2D eigenvalue weighted by Crippen LogP contribution is -2.52. The normalized spacial score (nSPS) is 22.5. The summed E-state index contributed by atoms with van der Waals surface area (Å²) in [5.41, 5.74) is 1.22. The summed E-state index contributed by atoms with van der Waals surface area (Å²) < 4.78 is 26.3. The van der Waals surface area contributed by atoms with E-state index in [-0.39, 0.29) is 11.9 Å². The maximum absolute atomic E-state index is 12.6. The number of carbonyl (C=O) groups is 2. The van der Waals surface area contributed by atoms with Crippen LogP contribution in [0.3, 0.4) is 0 Å². The van der Waals surface area contributed by atoms with Crippen LogP contribution in [0.5, 0.6) is 0 Å². The largest absolute Gasteiger partial charge is 0.349 e. The van der Waals surface area contributed by atoms with Gasteiger partial charge in [0.25, 0.3) is 0 Å². The van der Waals surface area contributed by atoms with Gasteiger partial charge in [-0.15, -0.1) is 0 Å². The number of hydrogen-bond donors (Lipinski definition) is 2. The molecule has 1 aromatic rings. The molecule has 0 spiro atoms. The quantitative estimate of drug-likeness (QED) is 0.784. The first kappa shape index (κ1) is 19.6. The molecule has 8 nitrogen and oxygen atoms in total. The lowest BCUT2D eigenvalue weighted by atomic mass is 9.99. The van der Waals surface area contributed by atoms with Crippen molar-refractivity contribution in [3.63, 3.8) is 0 Å². The van der Waals surface area contributed by atoms with Crippen molar-refractivity contribution < 1.29 is 18.0 Å². The summed E-state index contributed by atoms with van der Waals surface area (Å²) in [6, 6.07) is 4.99. The maximum atomic E-state index is 12.6. The number of sulfonamides is 1. The fourth-order valence-corrected chi connectivity index (χ4v) is 4.74. The summed E-state index contributed by atoms with van der Waals surface area (Å²) in [5.74, 6) is 0.00767. The molecule has 2 aliphatic heterocycles. The molecule has 1 aromatic carbocycles. The van der Waals surface area contributed by atoms with Crippen molar-refractivity contribution in [3.8, 4) is 0 Å². The average Bonchev–Trinajstić information content (AvgIpc) is 2.97. The first-order valence-corrected chi connectivity index (χ1v) is 10.4. The number of hydrogen-bond acceptors (Lipinski definition) is 4. The van der Waals surface area contributed by atoms with Crippen LogP contribution in [0.15, 0.2) is 23.1 Å². The molecule has 2 heterocycles. The third kappa shape index (κ3) is 3.93. The molecule has 1 saturated heterocycles. The van der Waals surface area contributed by atoms with E-state index in [1.165, 1.54) is 18.4 Å². The Labute approximate surface area is 160 Å². The molecule has 0 saturated carbocycles. The Hall–Kier alpha value is -2.13. The highest BCUT2D eigenvalue weighted by atomic mass is 32.2. The van der Waals surface area contributed by atoms with Gasteiger partial charge in [0.2, 0.25) is 15.9 Å². The van der Waals surface area contributed by atoms with E-state index in [0.717, 1.165) is 11.1 Å². The number of rotatable bonds is 4. The van der Waals surface area contributed by atoms with E-state index >= 15 is 0 Å². The SMILES string of the molecule is CN(C)S(=O)(=O)c1cccc2c1CCN(C(=O)NC[C@@]1(C)CCC(=O)N1)C2. The van der Waals surface area contributed by atoms with Gasteiger partial charge in [0.05, 0.1) is 10.4 Å². The number of nitrogens with zero attached hydrogens (tertiary/aromatic N) is 2. The van der Waals surface area contributed by atoms with E-state index in [9.17, 15) is 18.0 Å². The van der Waals surface area contributed by atoms with E-state index in [1.807, 2.05) is 13.0 Å². The van der Waals surface area contributed by atoms with Gasteiger partial charge in [-0.05, 0) is 37.0 Å². The molecule has 0 radical (unpaired) electrons. The van der Waals surface area contributed by atoms with Crippen LogP contribution in [-0.4, -0.2) is 62.3 Å². The molecule has 3 rings (SSSR count). The number of carbonyl (C=O) groups excluding carboxylic acids is 2. The smallest absolute Gasteiger partial charge is 0.317 e. The summed E-state index contributed by atoms with van der Waals surface area (Å²) in [7, 11) is -0.490. The maximum Gasteiger partial charge on any atom is 0.317 e. The highest BCUT2D eigenvalue weighted by Crippen LogP contribution is 2.27. The molecule has 1 fully saturated rings. The lowest BCUT2D eigenvalue weighted by Gasteiger charge is -2.32. The highest BCUT2D eigenvalue weighted by Gasteiger charge is 2.34. The molecule has 0 aromatic heterocycles. The van der Waals surface area contributed by atoms with Crippen molar-refractivity contribution in [1.82, 2.24) is 19.8 Å². The first-order valence-electron chi connectivity index (χ1n) is 8.99. The van der Waals surface area contributed by atoms with Gasteiger partial charge in [-0.3, -0.25) is 4.79 Å². The Morgan fingerprint density at radius 3 is 2.70 bits per heavy atom. The highest BCUT2D eigenvalue weighted by molar-refractivity contribution is 7.89. The van der Waals surface area contributed by atoms with E-state index in [1.54, 1.807) is 17.0 Å². The summed E-state index contributed by atoms with van der Waals surface area (Å²) in [4.78, 5) is 26.0. The van der Waals surface area contributed by atoms with Crippen molar-refractivity contribution >= 4 is 22.0 Å². The van der Waals surface area contributed by atoms with Crippen LogP contribution >= 0.6 is 0 Å². The minimum atomic E-state index is -3.52. The minimum absolute atomic E-state index is 0.00767. The second-order valence-electron chi connectivity index (χ2n) is 7.62. The van der Waals surface area contributed by atoms with Crippen LogP contribution in [0.25, 0.3) is 0 Å². The fourth-order valence-electron chi connectivity index (χ4n) is 3.55. The van der Waals surface area contributed by atoms with E-state index in [0.29, 0.717) is 43.8 Å².